The smallest absolute Gasteiger partial charge is 0.166 e. The second-order valence-electron chi connectivity index (χ2n) is 5.63. The normalized spacial score (nSPS) is 31.4. The molecule has 2 heteroatoms. The lowest BCUT2D eigenvalue weighted by Crippen LogP contribution is -2.20. The zero-order valence-electron chi connectivity index (χ0n) is 10.3. The second-order valence-corrected chi connectivity index (χ2v) is 5.63. The number of carbonyl (C=O) groups excluding carboxylic acids is 1. The van der Waals surface area contributed by atoms with E-state index in [-0.39, 0.29) is 5.92 Å². The first-order chi connectivity index (χ1) is 8.83. The highest BCUT2D eigenvalue weighted by Crippen LogP contribution is 2.45. The number of benzene rings is 1. The molecule has 0 spiro atoms. The summed E-state index contributed by atoms with van der Waals surface area (Å²) in [4.78, 5) is 12.7. The van der Waals surface area contributed by atoms with Crippen LogP contribution in [-0.4, -0.2) is 12.4 Å². The first kappa shape index (κ1) is 10.4. The average Bonchev–Trinajstić information content (AvgIpc) is 3.12. The third-order valence-electron chi connectivity index (χ3n) is 4.62. The van der Waals surface area contributed by atoms with Gasteiger partial charge in [0.05, 0.1) is 6.61 Å². The van der Waals surface area contributed by atoms with E-state index >= 15 is 0 Å². The van der Waals surface area contributed by atoms with Crippen molar-refractivity contribution in [1.82, 2.24) is 0 Å². The van der Waals surface area contributed by atoms with Crippen LogP contribution in [0.25, 0.3) is 0 Å². The van der Waals surface area contributed by atoms with Crippen LogP contribution in [0.5, 0.6) is 5.75 Å². The molecule has 1 fully saturated rings. The van der Waals surface area contributed by atoms with Crippen LogP contribution in [0.4, 0.5) is 0 Å². The molecule has 0 aromatic heterocycles. The minimum atomic E-state index is 0.215. The van der Waals surface area contributed by atoms with E-state index in [1.54, 1.807) is 0 Å². The maximum atomic E-state index is 12.7. The molecule has 1 aromatic rings. The van der Waals surface area contributed by atoms with Crippen LogP contribution in [0.15, 0.2) is 30.4 Å². The van der Waals surface area contributed by atoms with E-state index < -0.39 is 0 Å². The quantitative estimate of drug-likeness (QED) is 0.586. The number of allylic oxidation sites excluding steroid dienone is 2. The predicted molar refractivity (Wildman–Crippen MR) is 68.8 cm³/mol. The van der Waals surface area contributed by atoms with Gasteiger partial charge in [0.1, 0.15) is 5.75 Å². The van der Waals surface area contributed by atoms with Gasteiger partial charge in [0, 0.05) is 23.5 Å². The molecule has 0 N–H and O–H groups in total. The molecule has 1 aliphatic heterocycles. The molecule has 3 atom stereocenters. The Balaban J connectivity index is 1.70. The lowest BCUT2D eigenvalue weighted by atomic mass is 9.84. The maximum absolute atomic E-state index is 12.7. The number of rotatable bonds is 2. The van der Waals surface area contributed by atoms with Gasteiger partial charge in [-0.05, 0) is 30.7 Å². The van der Waals surface area contributed by atoms with E-state index in [1.807, 2.05) is 18.2 Å². The van der Waals surface area contributed by atoms with Gasteiger partial charge in [-0.2, -0.15) is 0 Å². The van der Waals surface area contributed by atoms with E-state index in [1.165, 1.54) is 6.42 Å². The van der Waals surface area contributed by atoms with Gasteiger partial charge in [-0.1, -0.05) is 24.3 Å². The molecular formula is C16H16O2. The van der Waals surface area contributed by atoms with Crippen LogP contribution in [-0.2, 0) is 6.42 Å². The highest BCUT2D eigenvalue weighted by Gasteiger charge is 2.40. The van der Waals surface area contributed by atoms with Crippen molar-refractivity contribution in [3.8, 4) is 5.75 Å². The van der Waals surface area contributed by atoms with Crippen molar-refractivity contribution in [2.75, 3.05) is 6.61 Å². The van der Waals surface area contributed by atoms with Gasteiger partial charge >= 0.3 is 0 Å². The number of carbonyl (C=O) groups is 1. The lowest BCUT2D eigenvalue weighted by Gasteiger charge is -2.18. The molecule has 2 nitrogen and oxygen atoms in total. The first-order valence-electron chi connectivity index (χ1n) is 6.80. The van der Waals surface area contributed by atoms with Crippen molar-refractivity contribution in [3.05, 3.63) is 41.5 Å². The van der Waals surface area contributed by atoms with Crippen LogP contribution in [0.2, 0.25) is 0 Å². The van der Waals surface area contributed by atoms with Crippen LogP contribution in [0.1, 0.15) is 28.8 Å². The summed E-state index contributed by atoms with van der Waals surface area (Å²) in [5, 5.41) is 0. The highest BCUT2D eigenvalue weighted by molar-refractivity contribution is 6.00. The molecule has 1 aromatic carbocycles. The molecule has 4 rings (SSSR count). The zero-order chi connectivity index (χ0) is 12.1. The Labute approximate surface area is 107 Å². The van der Waals surface area contributed by atoms with Gasteiger partial charge in [0.15, 0.2) is 5.78 Å². The molecule has 92 valence electrons. The Bertz CT molecular complexity index is 544. The van der Waals surface area contributed by atoms with Crippen molar-refractivity contribution < 1.29 is 9.53 Å². The molecule has 2 bridgehead atoms. The Morgan fingerprint density at radius 2 is 2.17 bits per heavy atom. The standard InChI is InChI=1S/C16H16O2/c17-16(14-9-10-4-5-11(14)8-10)13-2-1-3-15-12(13)6-7-18-15/h1-5,10-11,14H,6-9H2. The Kier molecular flexibility index (Phi) is 2.14. The summed E-state index contributed by atoms with van der Waals surface area (Å²) >= 11 is 0. The topological polar surface area (TPSA) is 26.3 Å². The number of hydrogen-bond donors (Lipinski definition) is 0. The predicted octanol–water partition coefficient (Wildman–Crippen LogP) is 3.02. The van der Waals surface area contributed by atoms with Gasteiger partial charge in [0.2, 0.25) is 0 Å². The minimum absolute atomic E-state index is 0.215. The van der Waals surface area contributed by atoms with Gasteiger partial charge in [-0.25, -0.2) is 0 Å². The Morgan fingerprint density at radius 3 is 2.94 bits per heavy atom. The summed E-state index contributed by atoms with van der Waals surface area (Å²) < 4.78 is 5.55. The van der Waals surface area contributed by atoms with Crippen molar-refractivity contribution in [2.45, 2.75) is 19.3 Å². The Morgan fingerprint density at radius 1 is 1.22 bits per heavy atom. The van der Waals surface area contributed by atoms with Crippen molar-refractivity contribution in [3.63, 3.8) is 0 Å². The monoisotopic (exact) mass is 240 g/mol. The first-order valence-corrected chi connectivity index (χ1v) is 6.80. The van der Waals surface area contributed by atoms with Crippen molar-refractivity contribution in [2.24, 2.45) is 17.8 Å². The molecule has 3 aliphatic rings. The van der Waals surface area contributed by atoms with Crippen LogP contribution in [0.3, 0.4) is 0 Å². The number of fused-ring (bicyclic) bond motifs is 3. The van der Waals surface area contributed by atoms with E-state index in [2.05, 4.69) is 12.2 Å². The fourth-order valence-electron chi connectivity index (χ4n) is 3.73. The SMILES string of the molecule is O=C(c1cccc2c1CCO2)C1CC2C=CC1C2. The molecule has 2 aliphatic carbocycles. The molecule has 18 heavy (non-hydrogen) atoms. The van der Waals surface area contributed by atoms with Crippen LogP contribution < -0.4 is 4.74 Å². The molecule has 3 unspecified atom stereocenters. The number of ketones is 1. The molecule has 0 amide bonds. The summed E-state index contributed by atoms with van der Waals surface area (Å²) in [5.74, 6) is 2.61. The molecule has 0 saturated heterocycles. The third kappa shape index (κ3) is 1.38. The number of ether oxygens (including phenoxy) is 1. The van der Waals surface area contributed by atoms with Gasteiger partial charge in [-0.3, -0.25) is 4.79 Å². The summed E-state index contributed by atoms with van der Waals surface area (Å²) in [6, 6.07) is 5.89. The Hall–Kier alpha value is -1.57. The van der Waals surface area contributed by atoms with Crippen molar-refractivity contribution in [1.29, 1.82) is 0 Å². The lowest BCUT2D eigenvalue weighted by molar-refractivity contribution is 0.0900. The molecular weight excluding hydrogens is 224 g/mol. The fraction of sp³-hybridized carbons (Fsp3) is 0.438. The summed E-state index contributed by atoms with van der Waals surface area (Å²) in [5.41, 5.74) is 2.05. The van der Waals surface area contributed by atoms with E-state index in [4.69, 9.17) is 4.74 Å². The number of hydrogen-bond acceptors (Lipinski definition) is 2. The third-order valence-corrected chi connectivity index (χ3v) is 4.62. The van der Waals surface area contributed by atoms with Crippen molar-refractivity contribution >= 4 is 5.78 Å². The van der Waals surface area contributed by atoms with Gasteiger partial charge in [0.25, 0.3) is 0 Å². The maximum Gasteiger partial charge on any atom is 0.166 e. The van der Waals surface area contributed by atoms with Gasteiger partial charge in [-0.15, -0.1) is 0 Å². The van der Waals surface area contributed by atoms with E-state index in [0.717, 1.165) is 36.3 Å². The average molecular weight is 240 g/mol. The second kappa shape index (κ2) is 3.71. The largest absolute Gasteiger partial charge is 0.493 e. The summed E-state index contributed by atoms with van der Waals surface area (Å²) in [7, 11) is 0. The summed E-state index contributed by atoms with van der Waals surface area (Å²) in [6.07, 6.45) is 7.64. The number of Topliss-reactive ketones (excluding diaryl/α,β-unsaturated/α-hetero) is 1. The van der Waals surface area contributed by atoms with Gasteiger partial charge < -0.3 is 4.74 Å². The summed E-state index contributed by atoms with van der Waals surface area (Å²) in [6.45, 7) is 0.719. The van der Waals surface area contributed by atoms with E-state index in [0.29, 0.717) is 17.6 Å². The highest BCUT2D eigenvalue weighted by atomic mass is 16.5. The van der Waals surface area contributed by atoms with Crippen LogP contribution in [0, 0.1) is 17.8 Å². The molecule has 1 saturated carbocycles. The molecule has 1 heterocycles. The van der Waals surface area contributed by atoms with Crippen LogP contribution >= 0.6 is 0 Å². The molecule has 0 radical (unpaired) electrons. The fourth-order valence-corrected chi connectivity index (χ4v) is 3.73. The zero-order valence-corrected chi connectivity index (χ0v) is 10.3. The van der Waals surface area contributed by atoms with E-state index in [9.17, 15) is 4.79 Å². The minimum Gasteiger partial charge on any atom is -0.493 e.